The van der Waals surface area contributed by atoms with Crippen molar-refractivity contribution in [1.82, 2.24) is 34.7 Å². The summed E-state index contributed by atoms with van der Waals surface area (Å²) in [5.74, 6) is -3.58. The standard InChI is InChI=1S/C25H14Cl2F3N7O4S/c26-12-1-2-16(36-10-32-34-35-36)13(6-12)14-7-20(38)37-17(21(14)27)3-4-18(37)22-31-8-15(33-22)11-5-19(42-9-11)23(39)41-24(40)25(28,29)30/h1-2,5-10,18H,3-4H2,(H,31,33)/t18-/m0/s1. The lowest BCUT2D eigenvalue weighted by Crippen LogP contribution is -2.27. The first-order chi connectivity index (χ1) is 20.0. The topological polar surface area (TPSA) is 138 Å². The summed E-state index contributed by atoms with van der Waals surface area (Å²) in [4.78, 5) is 43.7. The Balaban J connectivity index is 1.30. The summed E-state index contributed by atoms with van der Waals surface area (Å²) >= 11 is 13.9. The molecule has 5 aromatic rings. The first-order valence-electron chi connectivity index (χ1n) is 12.0. The van der Waals surface area contributed by atoms with Gasteiger partial charge >= 0.3 is 18.1 Å². The molecule has 42 heavy (non-hydrogen) atoms. The van der Waals surface area contributed by atoms with E-state index >= 15 is 0 Å². The number of aromatic amines is 1. The number of hydrogen-bond donors (Lipinski definition) is 1. The van der Waals surface area contributed by atoms with Gasteiger partial charge in [-0.3, -0.25) is 4.79 Å². The average Bonchev–Trinajstić information content (AvgIpc) is 3.76. The number of carbonyl (C=O) groups is 2. The normalized spacial score (nSPS) is 14.6. The largest absolute Gasteiger partial charge is 0.491 e. The number of esters is 2. The summed E-state index contributed by atoms with van der Waals surface area (Å²) in [7, 11) is 0. The number of nitrogens with one attached hydrogen (secondary N) is 1. The van der Waals surface area contributed by atoms with E-state index in [1.54, 1.807) is 22.8 Å². The number of alkyl halides is 3. The summed E-state index contributed by atoms with van der Waals surface area (Å²) in [5, 5.41) is 13.5. The van der Waals surface area contributed by atoms with Crippen LogP contribution in [0, 0.1) is 0 Å². The number of rotatable bonds is 5. The second kappa shape index (κ2) is 10.5. The van der Waals surface area contributed by atoms with Crippen LogP contribution in [0.5, 0.6) is 0 Å². The Morgan fingerprint density at radius 3 is 2.69 bits per heavy atom. The van der Waals surface area contributed by atoms with Crippen LogP contribution in [-0.4, -0.2) is 52.9 Å². The van der Waals surface area contributed by atoms with Gasteiger partial charge < -0.3 is 14.3 Å². The third-order valence-corrected chi connectivity index (χ3v) is 8.10. The Kier molecular flexibility index (Phi) is 6.95. The zero-order valence-corrected chi connectivity index (χ0v) is 23.1. The number of pyridine rings is 1. The summed E-state index contributed by atoms with van der Waals surface area (Å²) in [5.41, 5.74) is 2.73. The van der Waals surface area contributed by atoms with Gasteiger partial charge in [0.25, 0.3) is 5.56 Å². The monoisotopic (exact) mass is 635 g/mol. The molecule has 11 nitrogen and oxygen atoms in total. The number of benzene rings is 1. The molecular weight excluding hydrogens is 622 g/mol. The summed E-state index contributed by atoms with van der Waals surface area (Å²) in [6.07, 6.45) is -1.45. The number of halogens is 5. The van der Waals surface area contributed by atoms with Gasteiger partial charge in [0.15, 0.2) is 0 Å². The van der Waals surface area contributed by atoms with Gasteiger partial charge in [-0.1, -0.05) is 23.2 Å². The van der Waals surface area contributed by atoms with Crippen molar-refractivity contribution in [2.24, 2.45) is 0 Å². The van der Waals surface area contributed by atoms with Crippen molar-refractivity contribution in [3.8, 4) is 28.1 Å². The van der Waals surface area contributed by atoms with Crippen LogP contribution in [0.15, 0.2) is 53.0 Å². The van der Waals surface area contributed by atoms with Gasteiger partial charge in [0.05, 0.1) is 28.6 Å². The van der Waals surface area contributed by atoms with Crippen LogP contribution in [0.3, 0.4) is 0 Å². The minimum absolute atomic E-state index is 0.206. The second-order valence-corrected chi connectivity index (χ2v) is 10.8. The fraction of sp³-hybridized carbons (Fsp3) is 0.160. The molecule has 1 aliphatic heterocycles. The summed E-state index contributed by atoms with van der Waals surface area (Å²) in [6, 6.07) is 7.25. The van der Waals surface area contributed by atoms with E-state index < -0.39 is 24.2 Å². The maximum absolute atomic E-state index is 13.5. The van der Waals surface area contributed by atoms with Crippen LogP contribution in [-0.2, 0) is 16.0 Å². The van der Waals surface area contributed by atoms with Crippen molar-refractivity contribution in [3.05, 3.63) is 85.0 Å². The fourth-order valence-electron chi connectivity index (χ4n) is 4.70. The fourth-order valence-corrected chi connectivity index (χ4v) is 6.00. The van der Waals surface area contributed by atoms with Crippen molar-refractivity contribution in [2.75, 3.05) is 0 Å². The molecule has 1 atom stereocenters. The van der Waals surface area contributed by atoms with Crippen molar-refractivity contribution >= 4 is 46.5 Å². The van der Waals surface area contributed by atoms with E-state index in [1.165, 1.54) is 34.7 Å². The lowest BCUT2D eigenvalue weighted by molar-refractivity contribution is -0.193. The number of thiophene rings is 1. The van der Waals surface area contributed by atoms with Gasteiger partial charge in [-0.15, -0.1) is 16.4 Å². The highest BCUT2D eigenvalue weighted by molar-refractivity contribution is 7.12. The molecule has 0 aliphatic carbocycles. The van der Waals surface area contributed by atoms with Gasteiger partial charge in [0.1, 0.15) is 17.0 Å². The number of nitrogens with zero attached hydrogens (tertiary/aromatic N) is 6. The SMILES string of the molecule is O=C(OC(=O)C(F)(F)F)c1cc(-c2cnc([C@@H]3CCc4c(Cl)c(-c5cc(Cl)ccc5-n5cnnn5)cc(=O)n43)[nH]2)cs1. The number of fused-ring (bicyclic) bond motifs is 1. The smallest absolute Gasteiger partial charge is 0.382 e. The molecule has 214 valence electrons. The lowest BCUT2D eigenvalue weighted by Gasteiger charge is -2.17. The van der Waals surface area contributed by atoms with E-state index in [0.29, 0.717) is 62.5 Å². The minimum atomic E-state index is -5.29. The molecule has 1 N–H and O–H groups in total. The number of hydrogen-bond acceptors (Lipinski definition) is 9. The van der Waals surface area contributed by atoms with Crippen LogP contribution < -0.4 is 5.56 Å². The van der Waals surface area contributed by atoms with Gasteiger partial charge in [-0.25, -0.2) is 14.6 Å². The molecule has 0 spiro atoms. The van der Waals surface area contributed by atoms with Crippen LogP contribution in [0.1, 0.15) is 33.7 Å². The summed E-state index contributed by atoms with van der Waals surface area (Å²) in [6.45, 7) is 0. The highest BCUT2D eigenvalue weighted by Crippen LogP contribution is 2.40. The number of tetrazole rings is 1. The molecule has 0 saturated heterocycles. The van der Waals surface area contributed by atoms with Crippen molar-refractivity contribution in [2.45, 2.75) is 25.1 Å². The van der Waals surface area contributed by atoms with E-state index in [-0.39, 0.29) is 10.4 Å². The first kappa shape index (κ1) is 27.8. The number of carbonyl (C=O) groups excluding carboxylic acids is 2. The molecule has 5 heterocycles. The Morgan fingerprint density at radius 1 is 1.14 bits per heavy atom. The second-order valence-electron chi connectivity index (χ2n) is 9.05. The van der Waals surface area contributed by atoms with Crippen molar-refractivity contribution in [3.63, 3.8) is 0 Å². The third kappa shape index (κ3) is 4.99. The van der Waals surface area contributed by atoms with Gasteiger partial charge in [0.2, 0.25) is 0 Å². The molecule has 0 amide bonds. The Bertz CT molecular complexity index is 1920. The number of H-pyrrole nitrogens is 1. The van der Waals surface area contributed by atoms with Crippen LogP contribution in [0.4, 0.5) is 13.2 Å². The van der Waals surface area contributed by atoms with E-state index in [9.17, 15) is 27.6 Å². The number of imidazole rings is 1. The first-order valence-corrected chi connectivity index (χ1v) is 13.6. The third-order valence-electron chi connectivity index (χ3n) is 6.54. The predicted octanol–water partition coefficient (Wildman–Crippen LogP) is 5.03. The molecular formula is C25H14Cl2F3N7O4S. The maximum atomic E-state index is 13.5. The van der Waals surface area contributed by atoms with Crippen LogP contribution >= 0.6 is 34.5 Å². The molecule has 1 aromatic carbocycles. The Hall–Kier alpha value is -4.34. The van der Waals surface area contributed by atoms with Gasteiger partial charge in [0, 0.05) is 38.9 Å². The zero-order valence-electron chi connectivity index (χ0n) is 20.7. The van der Waals surface area contributed by atoms with Crippen LogP contribution in [0.2, 0.25) is 10.0 Å². The molecule has 4 aromatic heterocycles. The molecule has 6 rings (SSSR count). The Labute approximate surface area is 246 Å². The molecule has 0 bridgehead atoms. The summed E-state index contributed by atoms with van der Waals surface area (Å²) < 4.78 is 44.1. The van der Waals surface area contributed by atoms with E-state index in [1.807, 2.05) is 0 Å². The Morgan fingerprint density at radius 2 is 1.95 bits per heavy atom. The van der Waals surface area contributed by atoms with E-state index in [2.05, 4.69) is 30.2 Å². The van der Waals surface area contributed by atoms with Crippen LogP contribution in [0.25, 0.3) is 28.1 Å². The molecule has 0 fully saturated rings. The minimum Gasteiger partial charge on any atom is -0.382 e. The molecule has 0 radical (unpaired) electrons. The van der Waals surface area contributed by atoms with E-state index in [4.69, 9.17) is 23.2 Å². The highest BCUT2D eigenvalue weighted by atomic mass is 35.5. The molecule has 0 saturated carbocycles. The number of ether oxygens (including phenoxy) is 1. The van der Waals surface area contributed by atoms with Gasteiger partial charge in [-0.2, -0.15) is 17.9 Å². The average molecular weight is 636 g/mol. The highest BCUT2D eigenvalue weighted by Gasteiger charge is 2.42. The zero-order chi connectivity index (χ0) is 29.8. The number of aromatic nitrogens is 7. The van der Waals surface area contributed by atoms with E-state index in [0.717, 1.165) is 11.3 Å². The molecule has 0 unspecified atom stereocenters. The lowest BCUT2D eigenvalue weighted by atomic mass is 10.0. The quantitative estimate of drug-likeness (QED) is 0.210. The van der Waals surface area contributed by atoms with Crippen molar-refractivity contribution < 1.29 is 27.5 Å². The molecule has 17 heteroatoms. The van der Waals surface area contributed by atoms with Crippen molar-refractivity contribution in [1.29, 1.82) is 0 Å². The van der Waals surface area contributed by atoms with Gasteiger partial charge in [-0.05, 0) is 47.5 Å². The predicted molar refractivity (Wildman–Crippen MR) is 144 cm³/mol. The molecule has 1 aliphatic rings. The maximum Gasteiger partial charge on any atom is 0.491 e.